The molecule has 2 aromatic rings. The number of phenolic OH excluding ortho intramolecular Hbond substituents is 2. The Hall–Kier alpha value is -2.73. The zero-order chi connectivity index (χ0) is 17.4. The van der Waals surface area contributed by atoms with Crippen LogP contribution in [0.15, 0.2) is 30.3 Å². The van der Waals surface area contributed by atoms with Crippen molar-refractivity contribution in [3.63, 3.8) is 0 Å². The molecule has 1 aliphatic carbocycles. The van der Waals surface area contributed by atoms with Gasteiger partial charge in [0.1, 0.15) is 0 Å². The van der Waals surface area contributed by atoms with Crippen molar-refractivity contribution in [2.75, 3.05) is 13.6 Å². The van der Waals surface area contributed by atoms with Crippen LogP contribution in [0.2, 0.25) is 0 Å². The van der Waals surface area contributed by atoms with Crippen LogP contribution >= 0.6 is 0 Å². The average molecular weight is 329 g/mol. The lowest BCUT2D eigenvalue weighted by molar-refractivity contribution is 0.137. The second-order valence-electron chi connectivity index (χ2n) is 6.08. The van der Waals surface area contributed by atoms with Crippen LogP contribution in [-0.2, 0) is 12.8 Å². The van der Waals surface area contributed by atoms with Gasteiger partial charge in [-0.25, -0.2) is 4.79 Å². The van der Waals surface area contributed by atoms with E-state index in [-0.39, 0.29) is 11.5 Å². The lowest BCUT2D eigenvalue weighted by Crippen LogP contribution is -2.35. The highest BCUT2D eigenvalue weighted by atomic mass is 16.6. The van der Waals surface area contributed by atoms with Crippen molar-refractivity contribution in [2.24, 2.45) is 0 Å². The van der Waals surface area contributed by atoms with E-state index in [9.17, 15) is 10.2 Å². The van der Waals surface area contributed by atoms with E-state index in [1.54, 1.807) is 6.07 Å². The zero-order valence-corrected chi connectivity index (χ0v) is 13.2. The number of rotatable bonds is 0. The molecule has 1 aliphatic heterocycles. The molecule has 0 amide bonds. The Morgan fingerprint density at radius 3 is 2.54 bits per heavy atom. The highest BCUT2D eigenvalue weighted by molar-refractivity contribution is 5.82. The number of hydrogen-bond donors (Lipinski definition) is 4. The van der Waals surface area contributed by atoms with Gasteiger partial charge in [0.15, 0.2) is 11.5 Å². The molecule has 0 aromatic heterocycles. The number of benzene rings is 2. The zero-order valence-electron chi connectivity index (χ0n) is 13.2. The number of hydrogen-bond acceptors (Lipinski definition) is 4. The van der Waals surface area contributed by atoms with E-state index in [0.717, 1.165) is 36.1 Å². The van der Waals surface area contributed by atoms with Crippen molar-refractivity contribution in [2.45, 2.75) is 18.9 Å². The van der Waals surface area contributed by atoms with Crippen molar-refractivity contribution in [1.82, 2.24) is 4.90 Å². The summed E-state index contributed by atoms with van der Waals surface area (Å²) in [6.07, 6.45) is 0.106. The molecule has 4 rings (SSSR count). The molecular weight excluding hydrogens is 310 g/mol. The third-order valence-electron chi connectivity index (χ3n) is 4.72. The molecule has 0 bridgehead atoms. The molecule has 4 N–H and O–H groups in total. The van der Waals surface area contributed by atoms with Gasteiger partial charge >= 0.3 is 6.16 Å². The second-order valence-corrected chi connectivity index (χ2v) is 6.08. The summed E-state index contributed by atoms with van der Waals surface area (Å²) in [5, 5.41) is 34.0. The normalized spacial score (nSPS) is 18.0. The Kier molecular flexibility index (Phi) is 4.07. The highest BCUT2D eigenvalue weighted by Crippen LogP contribution is 2.49. The molecule has 1 atom stereocenters. The van der Waals surface area contributed by atoms with Gasteiger partial charge in [-0.2, -0.15) is 0 Å². The number of nitrogens with zero attached hydrogens (tertiary/aromatic N) is 1. The molecule has 6 heteroatoms. The topological polar surface area (TPSA) is 101 Å². The first-order valence-electron chi connectivity index (χ1n) is 7.68. The molecule has 0 unspecified atom stereocenters. The van der Waals surface area contributed by atoms with Crippen LogP contribution < -0.4 is 0 Å². The number of carbonyl (C=O) groups is 1. The van der Waals surface area contributed by atoms with Gasteiger partial charge in [0.25, 0.3) is 0 Å². The van der Waals surface area contributed by atoms with E-state index in [1.165, 1.54) is 11.1 Å². The van der Waals surface area contributed by atoms with Crippen LogP contribution in [-0.4, -0.2) is 45.1 Å². The minimum Gasteiger partial charge on any atom is -0.504 e. The third-order valence-corrected chi connectivity index (χ3v) is 4.72. The fourth-order valence-electron chi connectivity index (χ4n) is 3.67. The number of carboxylic acid groups (broad SMARTS) is 2. The standard InChI is InChI=1S/C17H17NO2.CH2O3/c1-18-8-7-10-3-2-4-12-15(10)13(18)9-11-5-6-14(19)17(20)16(11)12;2-1(3)4/h2-6,13,19-20H,7-9H2,1H3;(H2,2,3,4)/t13-;/m1./s1. The van der Waals surface area contributed by atoms with E-state index in [0.29, 0.717) is 6.04 Å². The van der Waals surface area contributed by atoms with Crippen molar-refractivity contribution in [3.8, 4) is 22.6 Å². The molecule has 0 spiro atoms. The second kappa shape index (κ2) is 6.05. The lowest BCUT2D eigenvalue weighted by atomic mass is 9.77. The number of fused-ring (bicyclic) bond motifs is 2. The van der Waals surface area contributed by atoms with Gasteiger partial charge in [-0.1, -0.05) is 24.3 Å². The van der Waals surface area contributed by atoms with E-state index in [2.05, 4.69) is 30.1 Å². The van der Waals surface area contributed by atoms with E-state index in [1.807, 2.05) is 6.07 Å². The molecule has 126 valence electrons. The van der Waals surface area contributed by atoms with Crippen LogP contribution in [0, 0.1) is 0 Å². The monoisotopic (exact) mass is 329 g/mol. The SMILES string of the molecule is CN1CCc2cccc3c2[C@H]1Cc1ccc(O)c(O)c1-3.O=C(O)O. The predicted molar refractivity (Wildman–Crippen MR) is 88.6 cm³/mol. The first-order chi connectivity index (χ1) is 11.4. The predicted octanol–water partition coefficient (Wildman–Crippen LogP) is 3.07. The lowest BCUT2D eigenvalue weighted by Gasteiger charge is -2.39. The van der Waals surface area contributed by atoms with Crippen molar-refractivity contribution >= 4 is 6.16 Å². The van der Waals surface area contributed by atoms with Crippen molar-refractivity contribution in [3.05, 3.63) is 47.0 Å². The van der Waals surface area contributed by atoms with Crippen LogP contribution in [0.5, 0.6) is 11.5 Å². The van der Waals surface area contributed by atoms with Crippen molar-refractivity contribution in [1.29, 1.82) is 0 Å². The highest BCUT2D eigenvalue weighted by Gasteiger charge is 2.34. The largest absolute Gasteiger partial charge is 0.504 e. The fourth-order valence-corrected chi connectivity index (χ4v) is 3.67. The number of aromatic hydroxyl groups is 2. The Balaban J connectivity index is 0.000000383. The molecular formula is C18H19NO5. The molecule has 0 saturated carbocycles. The molecule has 2 aromatic carbocycles. The molecule has 0 saturated heterocycles. The molecule has 6 nitrogen and oxygen atoms in total. The smallest absolute Gasteiger partial charge is 0.503 e. The van der Waals surface area contributed by atoms with Gasteiger partial charge < -0.3 is 20.4 Å². The molecule has 2 aliphatic rings. The molecule has 24 heavy (non-hydrogen) atoms. The van der Waals surface area contributed by atoms with Crippen molar-refractivity contribution < 1.29 is 25.2 Å². The van der Waals surface area contributed by atoms with Crippen LogP contribution in [0.4, 0.5) is 4.79 Å². The Morgan fingerprint density at radius 1 is 1.12 bits per heavy atom. The summed E-state index contributed by atoms with van der Waals surface area (Å²) in [4.78, 5) is 10.9. The maximum Gasteiger partial charge on any atom is 0.503 e. The summed E-state index contributed by atoms with van der Waals surface area (Å²) in [7, 11) is 2.16. The van der Waals surface area contributed by atoms with Gasteiger partial charge in [0.2, 0.25) is 0 Å². The summed E-state index contributed by atoms with van der Waals surface area (Å²) in [5.41, 5.74) is 5.71. The van der Waals surface area contributed by atoms with Gasteiger partial charge in [-0.15, -0.1) is 0 Å². The summed E-state index contributed by atoms with van der Waals surface area (Å²) < 4.78 is 0. The maximum absolute atomic E-state index is 10.3. The minimum atomic E-state index is -1.83. The van der Waals surface area contributed by atoms with Crippen LogP contribution in [0.25, 0.3) is 11.1 Å². The van der Waals surface area contributed by atoms with Gasteiger partial charge in [-0.05, 0) is 48.2 Å². The van der Waals surface area contributed by atoms with Crippen LogP contribution in [0.3, 0.4) is 0 Å². The molecule has 0 fully saturated rings. The average Bonchev–Trinajstić information content (AvgIpc) is 2.53. The molecule has 1 heterocycles. The Bertz CT molecular complexity index is 798. The van der Waals surface area contributed by atoms with Gasteiger partial charge in [0, 0.05) is 18.2 Å². The van der Waals surface area contributed by atoms with Gasteiger partial charge in [0.05, 0.1) is 0 Å². The quantitative estimate of drug-likeness (QED) is 0.554. The Labute approximate surface area is 139 Å². The Morgan fingerprint density at radius 2 is 1.83 bits per heavy atom. The fraction of sp³-hybridized carbons (Fsp3) is 0.278. The summed E-state index contributed by atoms with van der Waals surface area (Å²) in [5.74, 6) is -0.0217. The van der Waals surface area contributed by atoms with E-state index < -0.39 is 6.16 Å². The summed E-state index contributed by atoms with van der Waals surface area (Å²) in [6.45, 7) is 1.07. The van der Waals surface area contributed by atoms with E-state index >= 15 is 0 Å². The maximum atomic E-state index is 10.3. The number of phenols is 2. The minimum absolute atomic E-state index is 0.0163. The summed E-state index contributed by atoms with van der Waals surface area (Å²) in [6, 6.07) is 10.2. The first-order valence-corrected chi connectivity index (χ1v) is 7.68. The van der Waals surface area contributed by atoms with E-state index in [4.69, 9.17) is 15.0 Å². The number of likely N-dealkylation sites (N-methyl/N-ethyl adjacent to an activating group) is 1. The summed E-state index contributed by atoms with van der Waals surface area (Å²) >= 11 is 0. The van der Waals surface area contributed by atoms with Gasteiger partial charge in [-0.3, -0.25) is 4.90 Å². The first kappa shape index (κ1) is 16.1. The third kappa shape index (κ3) is 2.65. The molecule has 0 radical (unpaired) electrons. The van der Waals surface area contributed by atoms with Crippen LogP contribution in [0.1, 0.15) is 22.7 Å².